The third-order valence-corrected chi connectivity index (χ3v) is 2.38. The monoisotopic (exact) mass is 232 g/mol. The Labute approximate surface area is 95.0 Å². The van der Waals surface area contributed by atoms with Crippen molar-refractivity contribution in [1.82, 2.24) is 10.6 Å². The largest absolute Gasteiger partial charge is 0.480 e. The van der Waals surface area contributed by atoms with Gasteiger partial charge >= 0.3 is 12.0 Å². The lowest BCUT2D eigenvalue weighted by Gasteiger charge is -2.20. The molecule has 0 saturated carbocycles. The normalized spacial score (nSPS) is 14.3. The number of aliphatic carboxylic acids is 1. The Morgan fingerprint density at radius 3 is 2.12 bits per heavy atom. The van der Waals surface area contributed by atoms with Crippen LogP contribution < -0.4 is 10.6 Å². The van der Waals surface area contributed by atoms with E-state index < -0.39 is 18.0 Å². The fourth-order valence-corrected chi connectivity index (χ4v) is 0.960. The first-order chi connectivity index (χ1) is 7.38. The predicted octanol–water partition coefficient (Wildman–Crippen LogP) is 0.166. The van der Waals surface area contributed by atoms with E-state index >= 15 is 0 Å². The zero-order valence-electron chi connectivity index (χ0n) is 9.86. The Morgan fingerprint density at radius 1 is 1.19 bits per heavy atom. The molecule has 16 heavy (non-hydrogen) atoms. The maximum Gasteiger partial charge on any atom is 0.326 e. The fraction of sp³-hybridized carbons (Fsp3) is 0.800. The maximum absolute atomic E-state index is 11.4. The first-order valence-corrected chi connectivity index (χ1v) is 5.29. The third kappa shape index (κ3) is 5.55. The molecule has 0 aliphatic heterocycles. The average Bonchev–Trinajstić information content (AvgIpc) is 2.16. The minimum atomic E-state index is -1.15. The summed E-state index contributed by atoms with van der Waals surface area (Å²) in [6.07, 6.45) is -0.00118. The van der Waals surface area contributed by atoms with E-state index in [9.17, 15) is 9.59 Å². The van der Waals surface area contributed by atoms with Crippen molar-refractivity contribution in [3.63, 3.8) is 0 Å². The van der Waals surface area contributed by atoms with Crippen molar-refractivity contribution in [3.8, 4) is 0 Å². The van der Waals surface area contributed by atoms with Gasteiger partial charge in [0, 0.05) is 19.1 Å². The highest BCUT2D eigenvalue weighted by Gasteiger charge is 2.20. The van der Waals surface area contributed by atoms with E-state index in [1.165, 1.54) is 0 Å². The first-order valence-electron chi connectivity index (χ1n) is 5.29. The summed E-state index contributed by atoms with van der Waals surface area (Å²) in [4.78, 5) is 22.1. The summed E-state index contributed by atoms with van der Waals surface area (Å²) in [5.74, 6) is -0.881. The summed E-state index contributed by atoms with van der Waals surface area (Å²) >= 11 is 0. The summed E-state index contributed by atoms with van der Waals surface area (Å²) in [5, 5.41) is 22.3. The quantitative estimate of drug-likeness (QED) is 0.524. The number of aliphatic hydroxyl groups excluding tert-OH is 1. The number of aliphatic hydroxyl groups is 1. The molecule has 0 aliphatic rings. The fourth-order valence-electron chi connectivity index (χ4n) is 0.960. The maximum atomic E-state index is 11.4. The molecule has 6 heteroatoms. The van der Waals surface area contributed by atoms with Crippen LogP contribution in [0.15, 0.2) is 0 Å². The highest BCUT2D eigenvalue weighted by atomic mass is 16.4. The lowest BCUT2D eigenvalue weighted by Crippen LogP contribution is -2.49. The topological polar surface area (TPSA) is 98.7 Å². The van der Waals surface area contributed by atoms with Crippen LogP contribution in [-0.4, -0.2) is 40.9 Å². The molecule has 1 unspecified atom stereocenters. The van der Waals surface area contributed by atoms with E-state index in [-0.39, 0.29) is 25.0 Å². The zero-order valence-corrected chi connectivity index (χ0v) is 9.86. The number of carboxylic acid groups (broad SMARTS) is 1. The highest BCUT2D eigenvalue weighted by Crippen LogP contribution is 1.99. The molecule has 0 bridgehead atoms. The van der Waals surface area contributed by atoms with Crippen LogP contribution in [0.4, 0.5) is 4.79 Å². The van der Waals surface area contributed by atoms with Crippen LogP contribution in [0, 0.1) is 5.92 Å². The van der Waals surface area contributed by atoms with Gasteiger partial charge in [-0.15, -0.1) is 0 Å². The van der Waals surface area contributed by atoms with Crippen LogP contribution in [0.1, 0.15) is 27.2 Å². The molecule has 2 amide bonds. The minimum Gasteiger partial charge on any atom is -0.480 e. The molecule has 0 radical (unpaired) electrons. The molecule has 0 aromatic rings. The molecule has 0 aliphatic carbocycles. The number of hydrogen-bond donors (Lipinski definition) is 4. The number of amides is 2. The van der Waals surface area contributed by atoms with Gasteiger partial charge in [0.1, 0.15) is 6.04 Å². The number of carbonyl (C=O) groups excluding carboxylic acids is 1. The van der Waals surface area contributed by atoms with E-state index in [1.54, 1.807) is 0 Å². The van der Waals surface area contributed by atoms with Crippen molar-refractivity contribution in [2.45, 2.75) is 39.3 Å². The SMILES string of the molecule is CC(C)C(C)NC(=O)N[C@H](CCO)C(=O)O. The molecule has 94 valence electrons. The van der Waals surface area contributed by atoms with Crippen LogP contribution in [-0.2, 0) is 4.79 Å². The highest BCUT2D eigenvalue weighted by molar-refractivity contribution is 5.82. The van der Waals surface area contributed by atoms with Gasteiger partial charge in [-0.05, 0) is 12.8 Å². The number of carbonyl (C=O) groups is 2. The molecule has 0 aromatic carbocycles. The summed E-state index contributed by atoms with van der Waals surface area (Å²) in [6.45, 7) is 5.46. The predicted molar refractivity (Wildman–Crippen MR) is 59.1 cm³/mol. The van der Waals surface area contributed by atoms with E-state index in [2.05, 4.69) is 10.6 Å². The smallest absolute Gasteiger partial charge is 0.326 e. The summed E-state index contributed by atoms with van der Waals surface area (Å²) in [6, 6.07) is -1.62. The van der Waals surface area contributed by atoms with Gasteiger partial charge < -0.3 is 20.8 Å². The Balaban J connectivity index is 4.14. The summed E-state index contributed by atoms with van der Waals surface area (Å²) in [5.41, 5.74) is 0. The third-order valence-electron chi connectivity index (χ3n) is 2.38. The zero-order chi connectivity index (χ0) is 12.7. The van der Waals surface area contributed by atoms with Crippen molar-refractivity contribution in [2.24, 2.45) is 5.92 Å². The second-order valence-electron chi connectivity index (χ2n) is 4.05. The number of urea groups is 1. The molecule has 0 heterocycles. The van der Waals surface area contributed by atoms with Crippen molar-refractivity contribution in [1.29, 1.82) is 0 Å². The van der Waals surface area contributed by atoms with E-state index in [4.69, 9.17) is 10.2 Å². The molecule has 0 spiro atoms. The Hall–Kier alpha value is -1.30. The Morgan fingerprint density at radius 2 is 1.75 bits per heavy atom. The van der Waals surface area contributed by atoms with Gasteiger partial charge in [-0.2, -0.15) is 0 Å². The van der Waals surface area contributed by atoms with Crippen LogP contribution in [0.3, 0.4) is 0 Å². The molecule has 4 N–H and O–H groups in total. The molecule has 0 saturated heterocycles. The van der Waals surface area contributed by atoms with Crippen LogP contribution in [0.25, 0.3) is 0 Å². The number of hydrogen-bond acceptors (Lipinski definition) is 3. The van der Waals surface area contributed by atoms with Gasteiger partial charge in [-0.1, -0.05) is 13.8 Å². The number of nitrogens with one attached hydrogen (secondary N) is 2. The van der Waals surface area contributed by atoms with Gasteiger partial charge in [0.15, 0.2) is 0 Å². The van der Waals surface area contributed by atoms with Crippen molar-refractivity contribution >= 4 is 12.0 Å². The lowest BCUT2D eigenvalue weighted by molar-refractivity contribution is -0.139. The van der Waals surface area contributed by atoms with E-state index in [1.807, 2.05) is 20.8 Å². The van der Waals surface area contributed by atoms with Crippen LogP contribution in [0.5, 0.6) is 0 Å². The van der Waals surface area contributed by atoms with Crippen LogP contribution >= 0.6 is 0 Å². The molecular weight excluding hydrogens is 212 g/mol. The van der Waals surface area contributed by atoms with Gasteiger partial charge in [-0.25, -0.2) is 9.59 Å². The summed E-state index contributed by atoms with van der Waals surface area (Å²) in [7, 11) is 0. The molecule has 0 rings (SSSR count). The van der Waals surface area contributed by atoms with Crippen molar-refractivity contribution in [3.05, 3.63) is 0 Å². The standard InChI is InChI=1S/C10H20N2O4/c1-6(2)7(3)11-10(16)12-8(4-5-13)9(14)15/h6-8,13H,4-5H2,1-3H3,(H,14,15)(H2,11,12,16)/t7?,8-/m1/s1. The van der Waals surface area contributed by atoms with Crippen molar-refractivity contribution < 1.29 is 19.8 Å². The second kappa shape index (κ2) is 7.05. The number of rotatable bonds is 6. The minimum absolute atomic E-state index is 0.00118. The van der Waals surface area contributed by atoms with Gasteiger partial charge in [-0.3, -0.25) is 0 Å². The number of carboxylic acids is 1. The van der Waals surface area contributed by atoms with Gasteiger partial charge in [0.2, 0.25) is 0 Å². The summed E-state index contributed by atoms with van der Waals surface area (Å²) < 4.78 is 0. The average molecular weight is 232 g/mol. The van der Waals surface area contributed by atoms with Gasteiger partial charge in [0.05, 0.1) is 0 Å². The molecule has 6 nitrogen and oxygen atoms in total. The van der Waals surface area contributed by atoms with E-state index in [0.717, 1.165) is 0 Å². The molecule has 2 atom stereocenters. The molecule has 0 fully saturated rings. The second-order valence-corrected chi connectivity index (χ2v) is 4.05. The Kier molecular flexibility index (Phi) is 6.48. The lowest BCUT2D eigenvalue weighted by atomic mass is 10.1. The van der Waals surface area contributed by atoms with Gasteiger partial charge in [0.25, 0.3) is 0 Å². The van der Waals surface area contributed by atoms with Crippen molar-refractivity contribution in [2.75, 3.05) is 6.61 Å². The molecular formula is C10H20N2O4. The van der Waals surface area contributed by atoms with Crippen LogP contribution in [0.2, 0.25) is 0 Å². The van der Waals surface area contributed by atoms with E-state index in [0.29, 0.717) is 0 Å². The molecule has 0 aromatic heterocycles. The Bertz CT molecular complexity index is 243. The first kappa shape index (κ1) is 14.7.